The Bertz CT molecular complexity index is 368. The van der Waals surface area contributed by atoms with Gasteiger partial charge in [-0.15, -0.1) is 0 Å². The van der Waals surface area contributed by atoms with Gasteiger partial charge in [0.1, 0.15) is 0 Å². The molecule has 1 rings (SSSR count). The van der Waals surface area contributed by atoms with Gasteiger partial charge >= 0.3 is 7.05 Å². The lowest BCUT2D eigenvalue weighted by molar-refractivity contribution is -0.115. The smallest absolute Gasteiger partial charge is 0.373 e. The topological polar surface area (TPSA) is 73.4 Å². The molecule has 0 aliphatic rings. The van der Waals surface area contributed by atoms with Crippen molar-refractivity contribution in [2.75, 3.05) is 23.7 Å². The summed E-state index contributed by atoms with van der Waals surface area (Å²) in [5, 5.41) is 17.9. The van der Waals surface area contributed by atoms with Crippen LogP contribution in [0.25, 0.3) is 0 Å². The normalized spacial score (nSPS) is 9.94. The van der Waals surface area contributed by atoms with Gasteiger partial charge < -0.3 is 20.9 Å². The van der Waals surface area contributed by atoms with Crippen molar-refractivity contribution < 1.29 is 9.82 Å². The Morgan fingerprint density at radius 3 is 2.39 bits per heavy atom. The van der Waals surface area contributed by atoms with E-state index in [9.17, 15) is 4.79 Å². The molecule has 0 aliphatic carbocycles. The highest BCUT2D eigenvalue weighted by molar-refractivity contribution is 6.45. The van der Waals surface area contributed by atoms with Crippen molar-refractivity contribution in [3.63, 3.8) is 0 Å². The first kappa shape index (κ1) is 14.5. The summed E-state index contributed by atoms with van der Waals surface area (Å²) in [6, 6.07) is 7.54. The fourth-order valence-electron chi connectivity index (χ4n) is 1.41. The van der Waals surface area contributed by atoms with Gasteiger partial charge in [0.15, 0.2) is 0 Å². The molecule has 0 heterocycles. The Labute approximate surface area is 108 Å². The molecule has 0 aromatic heterocycles. The molecule has 0 bridgehead atoms. The third-order valence-corrected chi connectivity index (χ3v) is 2.38. The van der Waals surface area contributed by atoms with Gasteiger partial charge in [0, 0.05) is 30.9 Å². The fourth-order valence-corrected chi connectivity index (χ4v) is 1.41. The lowest BCUT2D eigenvalue weighted by atomic mass is 9.89. The first-order valence-corrected chi connectivity index (χ1v) is 6.17. The van der Waals surface area contributed by atoms with Crippen molar-refractivity contribution in [3.05, 3.63) is 24.3 Å². The largest absolute Gasteiger partial charge is 0.437 e. The number of amides is 1. The number of anilines is 2. The maximum atomic E-state index is 11.2. The molecule has 0 unspecified atom stereocenters. The van der Waals surface area contributed by atoms with Gasteiger partial charge in [0.25, 0.3) is 0 Å². The molecule has 0 fully saturated rings. The number of hydrogen-bond acceptors (Lipinski definition) is 4. The monoisotopic (exact) mass is 249 g/mol. The molecule has 0 atom stereocenters. The minimum absolute atomic E-state index is 0.0110. The molecule has 0 saturated heterocycles. The molecule has 1 aromatic carbocycles. The van der Waals surface area contributed by atoms with E-state index in [1.54, 1.807) is 6.82 Å². The number of nitrogens with one attached hydrogen (secondary N) is 3. The Morgan fingerprint density at radius 1 is 1.22 bits per heavy atom. The molecule has 0 spiro atoms. The quantitative estimate of drug-likeness (QED) is 0.432. The molecular formula is C12H20BN3O2. The van der Waals surface area contributed by atoms with Crippen LogP contribution in [-0.2, 0) is 4.79 Å². The first-order valence-electron chi connectivity index (χ1n) is 6.17. The van der Waals surface area contributed by atoms with Gasteiger partial charge in [0.2, 0.25) is 5.91 Å². The average molecular weight is 249 g/mol. The molecule has 4 N–H and O–H groups in total. The molecule has 18 heavy (non-hydrogen) atoms. The molecule has 5 nitrogen and oxygen atoms in total. The van der Waals surface area contributed by atoms with Gasteiger partial charge in [-0.3, -0.25) is 4.79 Å². The van der Waals surface area contributed by atoms with Gasteiger partial charge in [-0.1, -0.05) is 6.92 Å². The van der Waals surface area contributed by atoms with Crippen molar-refractivity contribution in [1.82, 2.24) is 5.23 Å². The summed E-state index contributed by atoms with van der Waals surface area (Å²) in [4.78, 5) is 11.2. The molecule has 6 heteroatoms. The summed E-state index contributed by atoms with van der Waals surface area (Å²) < 4.78 is 0. The predicted molar refractivity (Wildman–Crippen MR) is 75.7 cm³/mol. The van der Waals surface area contributed by atoms with E-state index in [2.05, 4.69) is 15.9 Å². The molecule has 0 saturated carbocycles. The number of hydrogen-bond donors (Lipinski definition) is 4. The van der Waals surface area contributed by atoms with E-state index in [0.717, 1.165) is 17.9 Å². The Kier molecular flexibility index (Phi) is 6.25. The van der Waals surface area contributed by atoms with E-state index in [4.69, 9.17) is 5.02 Å². The zero-order chi connectivity index (χ0) is 13.4. The average Bonchev–Trinajstić information content (AvgIpc) is 2.36. The lowest BCUT2D eigenvalue weighted by Crippen LogP contribution is -2.34. The minimum atomic E-state index is -0.488. The second-order valence-electron chi connectivity index (χ2n) is 4.04. The number of carbonyl (C=O) groups is 1. The minimum Gasteiger partial charge on any atom is -0.437 e. The Morgan fingerprint density at radius 2 is 1.83 bits per heavy atom. The first-order chi connectivity index (χ1) is 8.61. The van der Waals surface area contributed by atoms with E-state index in [-0.39, 0.29) is 5.91 Å². The van der Waals surface area contributed by atoms with Crippen molar-refractivity contribution in [3.8, 4) is 0 Å². The third-order valence-electron chi connectivity index (χ3n) is 2.38. The van der Waals surface area contributed by atoms with Crippen LogP contribution in [0.3, 0.4) is 0 Å². The summed E-state index contributed by atoms with van der Waals surface area (Å²) in [5.74, 6) is 0.0110. The van der Waals surface area contributed by atoms with E-state index >= 15 is 0 Å². The number of benzene rings is 1. The maximum absolute atomic E-state index is 11.2. The highest BCUT2D eigenvalue weighted by Gasteiger charge is 2.00. The highest BCUT2D eigenvalue weighted by atomic mass is 16.2. The van der Waals surface area contributed by atoms with Crippen LogP contribution in [0.15, 0.2) is 24.3 Å². The van der Waals surface area contributed by atoms with Gasteiger partial charge in [-0.25, -0.2) is 0 Å². The molecule has 98 valence electrons. The van der Waals surface area contributed by atoms with E-state index < -0.39 is 7.05 Å². The van der Waals surface area contributed by atoms with E-state index in [0.29, 0.717) is 13.0 Å². The SMILES string of the molecule is CCC(=O)Nc1ccc(NCCNB(C)O)cc1. The van der Waals surface area contributed by atoms with Crippen LogP contribution < -0.4 is 15.9 Å². The number of rotatable bonds is 7. The van der Waals surface area contributed by atoms with Crippen molar-refractivity contribution in [2.45, 2.75) is 20.2 Å². The molecule has 1 aromatic rings. The van der Waals surface area contributed by atoms with Crippen molar-refractivity contribution in [2.24, 2.45) is 0 Å². The highest BCUT2D eigenvalue weighted by Crippen LogP contribution is 2.13. The van der Waals surface area contributed by atoms with Crippen LogP contribution in [0, 0.1) is 0 Å². The summed E-state index contributed by atoms with van der Waals surface area (Å²) in [5.41, 5.74) is 1.78. The van der Waals surface area contributed by atoms with Gasteiger partial charge in [0.05, 0.1) is 0 Å². The zero-order valence-corrected chi connectivity index (χ0v) is 10.9. The van der Waals surface area contributed by atoms with Crippen LogP contribution in [0.2, 0.25) is 6.82 Å². The number of carbonyl (C=O) groups excluding carboxylic acids is 1. The van der Waals surface area contributed by atoms with Gasteiger partial charge in [-0.05, 0) is 31.1 Å². The second-order valence-corrected chi connectivity index (χ2v) is 4.04. The summed E-state index contributed by atoms with van der Waals surface area (Å²) >= 11 is 0. The Hall–Kier alpha value is -1.53. The zero-order valence-electron chi connectivity index (χ0n) is 10.9. The maximum Gasteiger partial charge on any atom is 0.373 e. The van der Waals surface area contributed by atoms with Crippen LogP contribution in [0.4, 0.5) is 11.4 Å². The van der Waals surface area contributed by atoms with Crippen LogP contribution in [0.5, 0.6) is 0 Å². The van der Waals surface area contributed by atoms with Crippen molar-refractivity contribution >= 4 is 24.3 Å². The summed E-state index contributed by atoms with van der Waals surface area (Å²) in [6.45, 7) is 4.92. The van der Waals surface area contributed by atoms with Gasteiger partial charge in [-0.2, -0.15) is 0 Å². The fraction of sp³-hybridized carbons (Fsp3) is 0.417. The summed E-state index contributed by atoms with van der Waals surface area (Å²) in [7, 11) is -0.488. The standard InChI is InChI=1S/C12H20BN3O2/c1-3-12(17)16-11-6-4-10(5-7-11)14-8-9-15-13(2)18/h4-7,14-15,18H,3,8-9H2,1-2H3,(H,16,17). The molecule has 0 radical (unpaired) electrons. The van der Waals surface area contributed by atoms with Crippen LogP contribution in [-0.4, -0.2) is 31.1 Å². The van der Waals surface area contributed by atoms with E-state index in [1.165, 1.54) is 0 Å². The third kappa shape index (κ3) is 5.70. The molecular weight excluding hydrogens is 229 g/mol. The van der Waals surface area contributed by atoms with E-state index in [1.807, 2.05) is 31.2 Å². The predicted octanol–water partition coefficient (Wildman–Crippen LogP) is 1.15. The molecule has 1 amide bonds. The summed E-state index contributed by atoms with van der Waals surface area (Å²) in [6.07, 6.45) is 0.477. The lowest BCUT2D eigenvalue weighted by Gasteiger charge is -2.09. The second kappa shape index (κ2) is 7.73. The van der Waals surface area contributed by atoms with Crippen LogP contribution in [0.1, 0.15) is 13.3 Å². The van der Waals surface area contributed by atoms with Crippen LogP contribution >= 0.6 is 0 Å². The Balaban J connectivity index is 2.33. The molecule has 0 aliphatic heterocycles. The van der Waals surface area contributed by atoms with Crippen molar-refractivity contribution in [1.29, 1.82) is 0 Å².